The van der Waals surface area contributed by atoms with Crippen LogP contribution in [0.25, 0.3) is 0 Å². The SMILES string of the molecule is CCC(NC(=O)Cc1cccc(OCc2ccccc2C)c1)C(=O)O. The Morgan fingerprint density at radius 2 is 1.92 bits per heavy atom. The minimum Gasteiger partial charge on any atom is -0.489 e. The molecule has 25 heavy (non-hydrogen) atoms. The van der Waals surface area contributed by atoms with E-state index in [0.717, 1.165) is 16.7 Å². The normalized spacial score (nSPS) is 11.6. The van der Waals surface area contributed by atoms with Crippen LogP contribution in [-0.4, -0.2) is 23.0 Å². The smallest absolute Gasteiger partial charge is 0.326 e. The van der Waals surface area contributed by atoms with E-state index < -0.39 is 12.0 Å². The Labute approximate surface area is 147 Å². The van der Waals surface area contributed by atoms with Crippen LogP contribution < -0.4 is 10.1 Å². The van der Waals surface area contributed by atoms with Gasteiger partial charge in [-0.3, -0.25) is 4.79 Å². The van der Waals surface area contributed by atoms with Gasteiger partial charge in [0.15, 0.2) is 0 Å². The number of aryl methyl sites for hydroxylation is 1. The molecule has 5 heteroatoms. The largest absolute Gasteiger partial charge is 0.489 e. The van der Waals surface area contributed by atoms with Gasteiger partial charge in [-0.05, 0) is 42.2 Å². The van der Waals surface area contributed by atoms with E-state index in [1.807, 2.05) is 49.4 Å². The molecule has 0 aliphatic rings. The minimum absolute atomic E-state index is 0.116. The number of ether oxygens (including phenoxy) is 1. The van der Waals surface area contributed by atoms with E-state index >= 15 is 0 Å². The molecule has 0 heterocycles. The van der Waals surface area contributed by atoms with Crippen LogP contribution in [0.4, 0.5) is 0 Å². The van der Waals surface area contributed by atoms with Gasteiger partial charge in [0.1, 0.15) is 18.4 Å². The summed E-state index contributed by atoms with van der Waals surface area (Å²) in [5.41, 5.74) is 3.05. The molecule has 2 rings (SSSR count). The predicted molar refractivity (Wildman–Crippen MR) is 95.5 cm³/mol. The number of carbonyl (C=O) groups excluding carboxylic acids is 1. The molecule has 0 saturated carbocycles. The van der Waals surface area contributed by atoms with Crippen LogP contribution in [0, 0.1) is 6.92 Å². The molecule has 132 valence electrons. The number of hydrogen-bond acceptors (Lipinski definition) is 3. The number of benzene rings is 2. The molecule has 2 aromatic carbocycles. The van der Waals surface area contributed by atoms with Crippen molar-refractivity contribution in [3.8, 4) is 5.75 Å². The lowest BCUT2D eigenvalue weighted by Crippen LogP contribution is -2.40. The van der Waals surface area contributed by atoms with E-state index in [2.05, 4.69) is 5.32 Å². The molecule has 0 bridgehead atoms. The van der Waals surface area contributed by atoms with Gasteiger partial charge in [0.2, 0.25) is 5.91 Å². The van der Waals surface area contributed by atoms with Gasteiger partial charge in [0.05, 0.1) is 6.42 Å². The molecule has 0 aromatic heterocycles. The second-order valence-corrected chi connectivity index (χ2v) is 5.91. The molecule has 2 N–H and O–H groups in total. The van der Waals surface area contributed by atoms with Gasteiger partial charge < -0.3 is 15.2 Å². The second kappa shape index (κ2) is 8.87. The van der Waals surface area contributed by atoms with Crippen molar-refractivity contribution in [2.45, 2.75) is 39.3 Å². The van der Waals surface area contributed by atoms with Gasteiger partial charge in [-0.25, -0.2) is 4.79 Å². The van der Waals surface area contributed by atoms with Crippen LogP contribution in [0.3, 0.4) is 0 Å². The molecule has 0 spiro atoms. The number of rotatable bonds is 8. The van der Waals surface area contributed by atoms with Gasteiger partial charge in [-0.1, -0.05) is 43.3 Å². The van der Waals surface area contributed by atoms with Crippen molar-refractivity contribution in [2.75, 3.05) is 0 Å². The first-order chi connectivity index (χ1) is 12.0. The third-order valence-corrected chi connectivity index (χ3v) is 3.96. The van der Waals surface area contributed by atoms with E-state index in [-0.39, 0.29) is 12.3 Å². The van der Waals surface area contributed by atoms with E-state index in [1.54, 1.807) is 13.0 Å². The first-order valence-electron chi connectivity index (χ1n) is 8.28. The van der Waals surface area contributed by atoms with Crippen LogP contribution in [0.2, 0.25) is 0 Å². The van der Waals surface area contributed by atoms with Crippen molar-refractivity contribution in [2.24, 2.45) is 0 Å². The second-order valence-electron chi connectivity index (χ2n) is 5.91. The molecule has 5 nitrogen and oxygen atoms in total. The molecule has 0 aliphatic heterocycles. The number of carboxylic acids is 1. The summed E-state index contributed by atoms with van der Waals surface area (Å²) in [6.07, 6.45) is 0.464. The molecular formula is C20H23NO4. The molecule has 0 fully saturated rings. The number of amides is 1. The molecule has 1 atom stereocenters. The Balaban J connectivity index is 1.95. The number of carbonyl (C=O) groups is 2. The zero-order valence-corrected chi connectivity index (χ0v) is 14.5. The van der Waals surface area contributed by atoms with Crippen LogP contribution in [0.15, 0.2) is 48.5 Å². The first-order valence-corrected chi connectivity index (χ1v) is 8.28. The number of hydrogen-bond donors (Lipinski definition) is 2. The summed E-state index contributed by atoms with van der Waals surface area (Å²) in [5.74, 6) is -0.657. The monoisotopic (exact) mass is 341 g/mol. The van der Waals surface area contributed by atoms with Gasteiger partial charge in [-0.2, -0.15) is 0 Å². The molecular weight excluding hydrogens is 318 g/mol. The molecule has 0 saturated heterocycles. The van der Waals surface area contributed by atoms with Crippen LogP contribution in [0.1, 0.15) is 30.0 Å². The lowest BCUT2D eigenvalue weighted by atomic mass is 10.1. The standard InChI is InChI=1S/C20H23NO4/c1-3-18(20(23)24)21-19(22)12-15-8-6-10-17(11-15)25-13-16-9-5-4-7-14(16)2/h4-11,18H,3,12-13H2,1-2H3,(H,21,22)(H,23,24). The number of nitrogens with one attached hydrogen (secondary N) is 1. The van der Waals surface area contributed by atoms with E-state index in [1.165, 1.54) is 0 Å². The number of carboxylic acid groups (broad SMARTS) is 1. The molecule has 1 unspecified atom stereocenters. The molecule has 1 amide bonds. The fourth-order valence-corrected chi connectivity index (χ4v) is 2.45. The summed E-state index contributed by atoms with van der Waals surface area (Å²) >= 11 is 0. The minimum atomic E-state index is -1.02. The van der Waals surface area contributed by atoms with Crippen LogP contribution in [-0.2, 0) is 22.6 Å². The maximum absolute atomic E-state index is 12.0. The third kappa shape index (κ3) is 5.64. The van der Waals surface area contributed by atoms with Gasteiger partial charge in [0, 0.05) is 0 Å². The highest BCUT2D eigenvalue weighted by molar-refractivity contribution is 5.84. The van der Waals surface area contributed by atoms with Crippen molar-refractivity contribution in [1.29, 1.82) is 0 Å². The maximum Gasteiger partial charge on any atom is 0.326 e. The zero-order chi connectivity index (χ0) is 18.2. The summed E-state index contributed by atoms with van der Waals surface area (Å²) in [6.45, 7) is 4.21. The Bertz CT molecular complexity index is 742. The third-order valence-electron chi connectivity index (χ3n) is 3.96. The predicted octanol–water partition coefficient (Wildman–Crippen LogP) is 3.10. The highest BCUT2D eigenvalue weighted by Gasteiger charge is 2.17. The van der Waals surface area contributed by atoms with E-state index in [0.29, 0.717) is 18.8 Å². The average molecular weight is 341 g/mol. The highest BCUT2D eigenvalue weighted by atomic mass is 16.5. The quantitative estimate of drug-likeness (QED) is 0.774. The molecule has 0 radical (unpaired) electrons. The van der Waals surface area contributed by atoms with Crippen LogP contribution >= 0.6 is 0 Å². The van der Waals surface area contributed by atoms with Crippen molar-refractivity contribution in [3.05, 3.63) is 65.2 Å². The lowest BCUT2D eigenvalue weighted by molar-refractivity contribution is -0.141. The zero-order valence-electron chi connectivity index (χ0n) is 14.5. The van der Waals surface area contributed by atoms with Gasteiger partial charge >= 0.3 is 5.97 Å². The first kappa shape index (κ1) is 18.5. The summed E-state index contributed by atoms with van der Waals surface area (Å²) in [5, 5.41) is 11.5. The van der Waals surface area contributed by atoms with E-state index in [4.69, 9.17) is 9.84 Å². The van der Waals surface area contributed by atoms with Gasteiger partial charge in [-0.15, -0.1) is 0 Å². The maximum atomic E-state index is 12.0. The molecule has 2 aromatic rings. The summed E-state index contributed by atoms with van der Waals surface area (Å²) < 4.78 is 5.81. The Hall–Kier alpha value is -2.82. The van der Waals surface area contributed by atoms with E-state index in [9.17, 15) is 9.59 Å². The van der Waals surface area contributed by atoms with Crippen LogP contribution in [0.5, 0.6) is 5.75 Å². The lowest BCUT2D eigenvalue weighted by Gasteiger charge is -2.13. The average Bonchev–Trinajstić information content (AvgIpc) is 2.59. The fourth-order valence-electron chi connectivity index (χ4n) is 2.45. The van der Waals surface area contributed by atoms with Gasteiger partial charge in [0.25, 0.3) is 0 Å². The summed E-state index contributed by atoms with van der Waals surface area (Å²) in [6, 6.07) is 14.4. The summed E-state index contributed by atoms with van der Waals surface area (Å²) in [4.78, 5) is 23.0. The Morgan fingerprint density at radius 3 is 2.60 bits per heavy atom. The Morgan fingerprint density at radius 1 is 1.16 bits per heavy atom. The van der Waals surface area contributed by atoms with Crippen molar-refractivity contribution in [1.82, 2.24) is 5.32 Å². The topological polar surface area (TPSA) is 75.6 Å². The summed E-state index contributed by atoms with van der Waals surface area (Å²) in [7, 11) is 0. The fraction of sp³-hybridized carbons (Fsp3) is 0.300. The Kier molecular flexibility index (Phi) is 6.57. The van der Waals surface area contributed by atoms with Crippen molar-refractivity contribution in [3.63, 3.8) is 0 Å². The van der Waals surface area contributed by atoms with Crippen molar-refractivity contribution < 1.29 is 19.4 Å². The number of aliphatic carboxylic acids is 1. The highest BCUT2D eigenvalue weighted by Crippen LogP contribution is 2.17. The molecule has 0 aliphatic carbocycles. The van der Waals surface area contributed by atoms with Crippen molar-refractivity contribution >= 4 is 11.9 Å².